The minimum absolute atomic E-state index is 0.164. The molecule has 0 spiro atoms. The van der Waals surface area contributed by atoms with Gasteiger partial charge < -0.3 is 5.11 Å². The number of benzene rings is 1. The van der Waals surface area contributed by atoms with Crippen LogP contribution in [0.4, 0.5) is 13.2 Å². The fraction of sp³-hybridized carbons (Fsp3) is 0.125. The van der Waals surface area contributed by atoms with Crippen LogP contribution in [0.3, 0.4) is 0 Å². The molecule has 1 aromatic rings. The Hall–Kier alpha value is -1.04. The first-order valence-corrected chi connectivity index (χ1v) is 4.21. The van der Waals surface area contributed by atoms with Crippen LogP contribution < -0.4 is 0 Å². The van der Waals surface area contributed by atoms with Gasteiger partial charge in [-0.25, -0.2) is 0 Å². The first-order valence-electron chi connectivity index (χ1n) is 3.41. The summed E-state index contributed by atoms with van der Waals surface area (Å²) in [5, 5.41) is 9.12. The predicted molar refractivity (Wildman–Crippen MR) is 46.2 cm³/mol. The van der Waals surface area contributed by atoms with Gasteiger partial charge >= 0.3 is 6.18 Å². The maximum Gasteiger partial charge on any atom is 0.421 e. The lowest BCUT2D eigenvalue weighted by atomic mass is 10.1. The first kappa shape index (κ1) is 11.0. The quantitative estimate of drug-likeness (QED) is 0.796. The molecule has 0 amide bonds. The Kier molecular flexibility index (Phi) is 2.84. The van der Waals surface area contributed by atoms with Crippen molar-refractivity contribution >= 4 is 22.2 Å². The fourth-order valence-electron chi connectivity index (χ4n) is 0.947. The van der Waals surface area contributed by atoms with Crippen molar-refractivity contribution in [1.29, 1.82) is 0 Å². The summed E-state index contributed by atoms with van der Waals surface area (Å²) in [7, 11) is 0. The summed E-state index contributed by atoms with van der Waals surface area (Å²) in [5.41, 5.74) is -1.62. The number of phenols is 1. The van der Waals surface area contributed by atoms with Gasteiger partial charge in [-0.3, -0.25) is 4.79 Å². The fourth-order valence-corrected chi connectivity index (χ4v) is 1.49. The van der Waals surface area contributed by atoms with Gasteiger partial charge in [0.05, 0.1) is 5.56 Å². The molecule has 0 aromatic heterocycles. The molecule has 0 atom stereocenters. The molecule has 14 heavy (non-hydrogen) atoms. The Morgan fingerprint density at radius 1 is 1.36 bits per heavy atom. The molecule has 0 fully saturated rings. The predicted octanol–water partition coefficient (Wildman–Crippen LogP) is 2.99. The lowest BCUT2D eigenvalue weighted by Crippen LogP contribution is -2.07. The lowest BCUT2D eigenvalue weighted by molar-refractivity contribution is -0.139. The number of aldehydes is 1. The van der Waals surface area contributed by atoms with Crippen molar-refractivity contribution in [1.82, 2.24) is 0 Å². The highest BCUT2D eigenvalue weighted by molar-refractivity contribution is 9.10. The van der Waals surface area contributed by atoms with Crippen LogP contribution in [-0.4, -0.2) is 11.4 Å². The molecule has 1 N–H and O–H groups in total. The van der Waals surface area contributed by atoms with Gasteiger partial charge in [0.2, 0.25) is 0 Å². The number of rotatable bonds is 1. The van der Waals surface area contributed by atoms with Crippen LogP contribution in [0.1, 0.15) is 15.9 Å². The Labute approximate surface area is 85.5 Å². The van der Waals surface area contributed by atoms with E-state index in [4.69, 9.17) is 5.11 Å². The van der Waals surface area contributed by atoms with Crippen LogP contribution >= 0.6 is 15.9 Å². The van der Waals surface area contributed by atoms with E-state index in [9.17, 15) is 18.0 Å². The van der Waals surface area contributed by atoms with Gasteiger partial charge in [0.1, 0.15) is 11.3 Å². The van der Waals surface area contributed by atoms with E-state index in [1.165, 1.54) is 0 Å². The number of alkyl halides is 3. The highest BCUT2D eigenvalue weighted by Gasteiger charge is 2.37. The van der Waals surface area contributed by atoms with Gasteiger partial charge in [0.25, 0.3) is 0 Å². The van der Waals surface area contributed by atoms with E-state index in [0.29, 0.717) is 0 Å². The second-order valence-electron chi connectivity index (χ2n) is 2.48. The molecule has 0 bridgehead atoms. The van der Waals surface area contributed by atoms with Crippen molar-refractivity contribution in [3.05, 3.63) is 27.7 Å². The zero-order valence-corrected chi connectivity index (χ0v) is 8.19. The maximum absolute atomic E-state index is 12.3. The SMILES string of the molecule is O=Cc1ccc(Br)c(C(F)(F)F)c1O. The number of phenolic OH excluding ortho intramolecular Hbond substituents is 1. The summed E-state index contributed by atoms with van der Waals surface area (Å²) < 4.78 is 36.7. The van der Waals surface area contributed by atoms with E-state index in [1.807, 2.05) is 0 Å². The van der Waals surface area contributed by atoms with Gasteiger partial charge in [-0.05, 0) is 12.1 Å². The highest BCUT2D eigenvalue weighted by atomic mass is 79.9. The Morgan fingerprint density at radius 2 is 1.93 bits per heavy atom. The number of carbonyl (C=O) groups excluding carboxylic acids is 1. The van der Waals surface area contributed by atoms with E-state index in [0.717, 1.165) is 12.1 Å². The molecular formula is C8H4BrF3O2. The first-order chi connectivity index (χ1) is 6.38. The molecule has 0 radical (unpaired) electrons. The second-order valence-corrected chi connectivity index (χ2v) is 3.33. The minimum atomic E-state index is -4.69. The molecule has 0 saturated heterocycles. The Balaban J connectivity index is 3.48. The average molecular weight is 269 g/mol. The van der Waals surface area contributed by atoms with Crippen molar-refractivity contribution in [3.63, 3.8) is 0 Å². The molecule has 0 aliphatic heterocycles. The summed E-state index contributed by atoms with van der Waals surface area (Å²) in [6.45, 7) is 0. The third kappa shape index (κ3) is 1.89. The Morgan fingerprint density at radius 3 is 2.36 bits per heavy atom. The van der Waals surface area contributed by atoms with E-state index in [-0.39, 0.29) is 16.3 Å². The van der Waals surface area contributed by atoms with Gasteiger partial charge in [-0.2, -0.15) is 13.2 Å². The molecule has 0 aliphatic rings. The van der Waals surface area contributed by atoms with Crippen LogP contribution in [0, 0.1) is 0 Å². The van der Waals surface area contributed by atoms with Crippen molar-refractivity contribution in [2.75, 3.05) is 0 Å². The summed E-state index contributed by atoms with van der Waals surface area (Å²) in [6, 6.07) is 2.16. The maximum atomic E-state index is 12.3. The molecule has 2 nitrogen and oxygen atoms in total. The molecule has 1 aromatic carbocycles. The van der Waals surface area contributed by atoms with Gasteiger partial charge in [0.15, 0.2) is 6.29 Å². The topological polar surface area (TPSA) is 37.3 Å². The van der Waals surface area contributed by atoms with Crippen LogP contribution in [-0.2, 0) is 6.18 Å². The highest BCUT2D eigenvalue weighted by Crippen LogP contribution is 2.41. The van der Waals surface area contributed by atoms with Crippen molar-refractivity contribution in [2.24, 2.45) is 0 Å². The Bertz CT molecular complexity index is 374. The van der Waals surface area contributed by atoms with E-state index >= 15 is 0 Å². The molecule has 0 heterocycles. The monoisotopic (exact) mass is 268 g/mol. The van der Waals surface area contributed by atoms with Crippen LogP contribution in [0.25, 0.3) is 0 Å². The van der Waals surface area contributed by atoms with Gasteiger partial charge in [-0.15, -0.1) is 0 Å². The number of aromatic hydroxyl groups is 1. The largest absolute Gasteiger partial charge is 0.507 e. The second kappa shape index (κ2) is 3.61. The molecule has 0 aliphatic carbocycles. The van der Waals surface area contributed by atoms with Crippen LogP contribution in [0.2, 0.25) is 0 Å². The molecule has 6 heteroatoms. The third-order valence-electron chi connectivity index (χ3n) is 1.57. The van der Waals surface area contributed by atoms with Crippen LogP contribution in [0.5, 0.6) is 5.75 Å². The number of carbonyl (C=O) groups is 1. The molecule has 0 saturated carbocycles. The number of hydrogen-bond donors (Lipinski definition) is 1. The summed E-state index contributed by atoms with van der Waals surface area (Å²) in [5.74, 6) is -1.05. The summed E-state index contributed by atoms with van der Waals surface area (Å²) >= 11 is 2.65. The smallest absolute Gasteiger partial charge is 0.421 e. The standard InChI is InChI=1S/C8H4BrF3O2/c9-5-2-1-4(3-13)7(14)6(5)8(10,11)12/h1-3,14H. The molecule has 0 unspecified atom stereocenters. The van der Waals surface area contributed by atoms with Crippen molar-refractivity contribution in [3.8, 4) is 5.75 Å². The zero-order valence-electron chi connectivity index (χ0n) is 6.60. The summed E-state index contributed by atoms with van der Waals surface area (Å²) in [4.78, 5) is 10.3. The lowest BCUT2D eigenvalue weighted by Gasteiger charge is -2.11. The summed E-state index contributed by atoms with van der Waals surface area (Å²) in [6.07, 6.45) is -4.53. The average Bonchev–Trinajstić information content (AvgIpc) is 2.02. The van der Waals surface area contributed by atoms with E-state index < -0.39 is 17.5 Å². The number of hydrogen-bond acceptors (Lipinski definition) is 2. The van der Waals surface area contributed by atoms with Crippen molar-refractivity contribution in [2.45, 2.75) is 6.18 Å². The third-order valence-corrected chi connectivity index (χ3v) is 2.23. The van der Waals surface area contributed by atoms with E-state index in [2.05, 4.69) is 15.9 Å². The number of halogens is 4. The molecule has 1 rings (SSSR count). The molecular weight excluding hydrogens is 265 g/mol. The van der Waals surface area contributed by atoms with Gasteiger partial charge in [0, 0.05) is 4.47 Å². The van der Waals surface area contributed by atoms with Crippen LogP contribution in [0.15, 0.2) is 16.6 Å². The zero-order chi connectivity index (χ0) is 10.9. The normalized spacial score (nSPS) is 11.4. The van der Waals surface area contributed by atoms with E-state index in [1.54, 1.807) is 0 Å². The molecule has 76 valence electrons. The van der Waals surface area contributed by atoms with Gasteiger partial charge in [-0.1, -0.05) is 15.9 Å². The van der Waals surface area contributed by atoms with Crippen molar-refractivity contribution < 1.29 is 23.1 Å². The minimum Gasteiger partial charge on any atom is -0.507 e.